The Morgan fingerprint density at radius 1 is 0.750 bits per heavy atom. The normalized spacial score (nSPS) is 16.2. The van der Waals surface area contributed by atoms with Gasteiger partial charge < -0.3 is 14.2 Å². The third-order valence-electron chi connectivity index (χ3n) is 7.06. The van der Waals surface area contributed by atoms with Crippen LogP contribution in [-0.4, -0.2) is 19.8 Å². The number of halogens is 7. The van der Waals surface area contributed by atoms with Gasteiger partial charge in [-0.1, -0.05) is 27.2 Å². The minimum absolute atomic E-state index is 0.0810. The molecule has 0 aliphatic carbocycles. The maximum Gasteiger partial charge on any atom is 0.194 e. The lowest BCUT2D eigenvalue weighted by Gasteiger charge is -2.30. The summed E-state index contributed by atoms with van der Waals surface area (Å²) < 4.78 is 108. The standard InChI is InChI=1S/C27H35F3O3.C6H2F4O/c1-4-7-18-8-9-24(33-17-18)19-14-25(31-10-5-2)27(26(15-19)32-11-6-3)20-12-22(29)21(16-28)23(30)13-20;7-4-1-3(11-10)2-5(8)6(4)9/h12-15,18,24H,4-11,16-17H2,1-3H3;1-2H/t18-,24?;/m1./s1. The summed E-state index contributed by atoms with van der Waals surface area (Å²) in [5, 5.41) is 0. The number of hydrogen-bond donors (Lipinski definition) is 0. The first-order valence-electron chi connectivity index (χ1n) is 14.7. The van der Waals surface area contributed by atoms with Crippen LogP contribution in [0.25, 0.3) is 11.1 Å². The number of alkyl halides is 1. The summed E-state index contributed by atoms with van der Waals surface area (Å²) in [7, 11) is 0. The van der Waals surface area contributed by atoms with Crippen molar-refractivity contribution in [3.8, 4) is 28.4 Å². The molecule has 1 unspecified atom stereocenters. The van der Waals surface area contributed by atoms with E-state index in [0.29, 0.717) is 48.3 Å². The SMILES string of the molecule is CCCOc1cc(C2CC[C@@H](CCC)CO2)cc(OCCC)c1-c1cc(F)c(CF)c(F)c1.FOc1cc(F)c(F)c(F)c1. The first kappa shape index (κ1) is 35.0. The Kier molecular flexibility index (Phi) is 13.6. The Bertz CT molecular complexity index is 1280. The number of ether oxygens (including phenoxy) is 3. The highest BCUT2D eigenvalue weighted by Crippen LogP contribution is 2.44. The second kappa shape index (κ2) is 17.1. The maximum absolute atomic E-state index is 14.5. The van der Waals surface area contributed by atoms with Gasteiger partial charge in [-0.25, -0.2) is 26.3 Å². The minimum atomic E-state index is -1.65. The molecule has 242 valence electrons. The molecule has 4 rings (SSSR count). The highest BCUT2D eigenvalue weighted by atomic mass is 19.3. The largest absolute Gasteiger partial charge is 0.493 e. The fourth-order valence-electron chi connectivity index (χ4n) is 4.89. The Labute approximate surface area is 253 Å². The van der Waals surface area contributed by atoms with Crippen molar-refractivity contribution in [3.05, 3.63) is 76.6 Å². The van der Waals surface area contributed by atoms with Gasteiger partial charge in [-0.2, -0.15) is 0 Å². The molecule has 1 heterocycles. The van der Waals surface area contributed by atoms with Crippen LogP contribution in [0, 0.1) is 35.0 Å². The summed E-state index contributed by atoms with van der Waals surface area (Å²) in [5.41, 5.74) is 1.11. The molecule has 1 fully saturated rings. The molecule has 0 spiro atoms. The molecular weight excluding hydrogens is 593 g/mol. The zero-order valence-electron chi connectivity index (χ0n) is 25.0. The van der Waals surface area contributed by atoms with Crippen molar-refractivity contribution in [2.45, 2.75) is 72.1 Å². The third kappa shape index (κ3) is 9.03. The van der Waals surface area contributed by atoms with E-state index in [1.807, 2.05) is 26.0 Å². The second-order valence-electron chi connectivity index (χ2n) is 10.5. The summed E-state index contributed by atoms with van der Waals surface area (Å²) in [4.78, 5) is 2.98. The topological polar surface area (TPSA) is 36.9 Å². The first-order valence-corrected chi connectivity index (χ1v) is 14.7. The molecule has 0 radical (unpaired) electrons. The third-order valence-corrected chi connectivity index (χ3v) is 7.06. The zero-order valence-corrected chi connectivity index (χ0v) is 25.0. The van der Waals surface area contributed by atoms with E-state index in [4.69, 9.17) is 14.2 Å². The van der Waals surface area contributed by atoms with E-state index in [1.165, 1.54) is 0 Å². The van der Waals surface area contributed by atoms with Crippen molar-refractivity contribution in [2.75, 3.05) is 19.8 Å². The van der Waals surface area contributed by atoms with Gasteiger partial charge >= 0.3 is 0 Å². The Hall–Kier alpha value is -3.47. The zero-order chi connectivity index (χ0) is 32.2. The summed E-state index contributed by atoms with van der Waals surface area (Å²) in [5.74, 6) is -5.60. The average Bonchev–Trinajstić information content (AvgIpc) is 3.01. The lowest BCUT2D eigenvalue weighted by molar-refractivity contribution is -0.0196. The first-order chi connectivity index (χ1) is 21.2. The lowest BCUT2D eigenvalue weighted by Crippen LogP contribution is -2.20. The van der Waals surface area contributed by atoms with Crippen LogP contribution < -0.4 is 14.4 Å². The van der Waals surface area contributed by atoms with E-state index in [9.17, 15) is 30.9 Å². The fraction of sp³-hybridized carbons (Fsp3) is 0.455. The number of rotatable bonds is 12. The van der Waals surface area contributed by atoms with Crippen LogP contribution in [0.4, 0.5) is 30.9 Å². The number of benzene rings is 3. The van der Waals surface area contributed by atoms with Crippen LogP contribution >= 0.6 is 0 Å². The molecule has 0 aromatic heterocycles. The molecule has 11 heteroatoms. The quantitative estimate of drug-likeness (QED) is 0.147. The lowest BCUT2D eigenvalue weighted by atomic mass is 9.90. The molecule has 44 heavy (non-hydrogen) atoms. The molecular formula is C33H37F7O4. The molecule has 0 bridgehead atoms. The molecule has 3 aromatic rings. The Morgan fingerprint density at radius 2 is 1.32 bits per heavy atom. The van der Waals surface area contributed by atoms with E-state index < -0.39 is 47.1 Å². The molecule has 3 aromatic carbocycles. The van der Waals surface area contributed by atoms with Gasteiger partial charge in [0.25, 0.3) is 0 Å². The second-order valence-corrected chi connectivity index (χ2v) is 10.5. The predicted molar refractivity (Wildman–Crippen MR) is 153 cm³/mol. The van der Waals surface area contributed by atoms with Gasteiger partial charge in [0.15, 0.2) is 23.2 Å². The van der Waals surface area contributed by atoms with Crippen molar-refractivity contribution in [1.29, 1.82) is 0 Å². The van der Waals surface area contributed by atoms with Gasteiger partial charge in [-0.15, -0.1) is 0 Å². The van der Waals surface area contributed by atoms with Crippen LogP contribution in [0.3, 0.4) is 0 Å². The molecule has 0 N–H and O–H groups in total. The monoisotopic (exact) mass is 630 g/mol. The van der Waals surface area contributed by atoms with E-state index in [0.717, 1.165) is 62.8 Å². The van der Waals surface area contributed by atoms with Crippen molar-refractivity contribution in [3.63, 3.8) is 0 Å². The highest BCUT2D eigenvalue weighted by Gasteiger charge is 2.26. The Morgan fingerprint density at radius 3 is 1.75 bits per heavy atom. The predicted octanol–water partition coefficient (Wildman–Crippen LogP) is 10.3. The summed E-state index contributed by atoms with van der Waals surface area (Å²) in [6.07, 6.45) is 5.77. The molecule has 0 saturated carbocycles. The van der Waals surface area contributed by atoms with Crippen LogP contribution in [0.15, 0.2) is 36.4 Å². The molecule has 4 nitrogen and oxygen atoms in total. The van der Waals surface area contributed by atoms with Crippen LogP contribution in [-0.2, 0) is 11.4 Å². The van der Waals surface area contributed by atoms with Crippen LogP contribution in [0.1, 0.15) is 76.5 Å². The van der Waals surface area contributed by atoms with Gasteiger partial charge in [-0.05, 0) is 73.4 Å². The summed E-state index contributed by atoms with van der Waals surface area (Å²) in [6.45, 7) is 6.58. The highest BCUT2D eigenvalue weighted by molar-refractivity contribution is 5.78. The summed E-state index contributed by atoms with van der Waals surface area (Å²) in [6, 6.07) is 6.89. The van der Waals surface area contributed by atoms with E-state index in [2.05, 4.69) is 11.9 Å². The van der Waals surface area contributed by atoms with Crippen LogP contribution in [0.5, 0.6) is 17.2 Å². The fourth-order valence-corrected chi connectivity index (χ4v) is 4.89. The van der Waals surface area contributed by atoms with Crippen molar-refractivity contribution < 1.29 is 50.0 Å². The molecule has 1 aliphatic heterocycles. The van der Waals surface area contributed by atoms with Gasteiger partial charge in [0.2, 0.25) is 0 Å². The average molecular weight is 631 g/mol. The Balaban J connectivity index is 0.000000404. The summed E-state index contributed by atoms with van der Waals surface area (Å²) >= 11 is 0. The molecule has 1 saturated heterocycles. The van der Waals surface area contributed by atoms with Crippen molar-refractivity contribution in [2.24, 2.45) is 5.92 Å². The van der Waals surface area contributed by atoms with Crippen molar-refractivity contribution in [1.82, 2.24) is 0 Å². The van der Waals surface area contributed by atoms with Crippen molar-refractivity contribution >= 4 is 0 Å². The number of hydrogen-bond acceptors (Lipinski definition) is 4. The van der Waals surface area contributed by atoms with Crippen LogP contribution in [0.2, 0.25) is 0 Å². The van der Waals surface area contributed by atoms with Gasteiger partial charge in [0.05, 0.1) is 37.1 Å². The van der Waals surface area contributed by atoms with Gasteiger partial charge in [0, 0.05) is 16.7 Å². The van der Waals surface area contributed by atoms with Gasteiger partial charge in [0.1, 0.15) is 29.8 Å². The maximum atomic E-state index is 14.5. The smallest absolute Gasteiger partial charge is 0.194 e. The molecule has 2 atom stereocenters. The van der Waals surface area contributed by atoms with E-state index in [-0.39, 0.29) is 11.7 Å². The molecule has 1 aliphatic rings. The molecule has 0 amide bonds. The van der Waals surface area contributed by atoms with E-state index >= 15 is 0 Å². The van der Waals surface area contributed by atoms with E-state index in [1.54, 1.807) is 0 Å². The minimum Gasteiger partial charge on any atom is -0.493 e. The van der Waals surface area contributed by atoms with Gasteiger partial charge in [-0.3, -0.25) is 4.94 Å².